The third-order valence-electron chi connectivity index (χ3n) is 1.44. The highest BCUT2D eigenvalue weighted by Crippen LogP contribution is 2.29. The minimum absolute atomic E-state index is 0.0267. The molecule has 0 bridgehead atoms. The predicted octanol–water partition coefficient (Wildman–Crippen LogP) is 1.87. The first-order valence-electron chi connectivity index (χ1n) is 3.77. The van der Waals surface area contributed by atoms with Crippen molar-refractivity contribution in [2.75, 3.05) is 0 Å². The highest BCUT2D eigenvalue weighted by atomic mass is 35.5. The van der Waals surface area contributed by atoms with E-state index in [9.17, 15) is 5.11 Å². The zero-order valence-corrected chi connectivity index (χ0v) is 9.70. The van der Waals surface area contributed by atoms with Gasteiger partial charge in [0.2, 0.25) is 0 Å². The normalized spacial score (nSPS) is 10.5. The zero-order chi connectivity index (χ0) is 11.4. The maximum atomic E-state index is 9.51. The number of nitrogens with one attached hydrogen (secondary N) is 1. The summed E-state index contributed by atoms with van der Waals surface area (Å²) in [5, 5.41) is 13.8. The number of hydrogen-bond donors (Lipinski definition) is 3. The van der Waals surface area contributed by atoms with Crippen LogP contribution in [0.15, 0.2) is 17.2 Å². The van der Waals surface area contributed by atoms with Crippen molar-refractivity contribution in [1.29, 1.82) is 0 Å². The summed E-state index contributed by atoms with van der Waals surface area (Å²) >= 11 is 16.0. The third kappa shape index (κ3) is 3.54. The van der Waals surface area contributed by atoms with Gasteiger partial charge in [-0.05, 0) is 24.4 Å². The molecule has 80 valence electrons. The van der Waals surface area contributed by atoms with Crippen LogP contribution in [-0.2, 0) is 0 Å². The second kappa shape index (κ2) is 5.16. The van der Waals surface area contributed by atoms with E-state index >= 15 is 0 Å². The highest BCUT2D eigenvalue weighted by molar-refractivity contribution is 7.80. The second-order valence-electron chi connectivity index (χ2n) is 2.56. The summed E-state index contributed by atoms with van der Waals surface area (Å²) in [6.07, 6.45) is 1.31. The van der Waals surface area contributed by atoms with E-state index in [0.717, 1.165) is 0 Å². The number of benzene rings is 1. The van der Waals surface area contributed by atoms with Crippen LogP contribution in [0, 0.1) is 0 Å². The van der Waals surface area contributed by atoms with Gasteiger partial charge in [-0.2, -0.15) is 5.10 Å². The Morgan fingerprint density at radius 1 is 1.53 bits per heavy atom. The Labute approximate surface area is 102 Å². The van der Waals surface area contributed by atoms with Gasteiger partial charge in [0.15, 0.2) is 5.11 Å². The first-order valence-corrected chi connectivity index (χ1v) is 4.93. The molecule has 0 atom stereocenters. The lowest BCUT2D eigenvalue weighted by Gasteiger charge is -2.02. The van der Waals surface area contributed by atoms with E-state index in [0.29, 0.717) is 10.6 Å². The number of nitrogens with zero attached hydrogens (tertiary/aromatic N) is 1. The third-order valence-corrected chi connectivity index (χ3v) is 2.03. The van der Waals surface area contributed by atoms with E-state index in [1.54, 1.807) is 0 Å². The summed E-state index contributed by atoms with van der Waals surface area (Å²) in [4.78, 5) is 0. The highest BCUT2D eigenvalue weighted by Gasteiger charge is 2.05. The van der Waals surface area contributed by atoms with Gasteiger partial charge in [0, 0.05) is 10.6 Å². The first kappa shape index (κ1) is 12.0. The van der Waals surface area contributed by atoms with Crippen LogP contribution in [0.5, 0.6) is 5.75 Å². The van der Waals surface area contributed by atoms with Gasteiger partial charge < -0.3 is 10.8 Å². The molecule has 0 fully saturated rings. The lowest BCUT2D eigenvalue weighted by atomic mass is 10.2. The minimum atomic E-state index is -0.102. The van der Waals surface area contributed by atoms with Gasteiger partial charge in [-0.25, -0.2) is 0 Å². The molecular weight excluding hydrogens is 257 g/mol. The van der Waals surface area contributed by atoms with E-state index in [1.165, 1.54) is 18.3 Å². The lowest BCUT2D eigenvalue weighted by molar-refractivity contribution is 0.474. The predicted molar refractivity (Wildman–Crippen MR) is 65.6 cm³/mol. The van der Waals surface area contributed by atoms with Crippen LogP contribution in [0.1, 0.15) is 5.56 Å². The number of nitrogens with two attached hydrogens (primary N) is 1. The fourth-order valence-corrected chi connectivity index (χ4v) is 1.41. The quantitative estimate of drug-likeness (QED) is 0.433. The maximum absolute atomic E-state index is 9.51. The number of hydrogen-bond acceptors (Lipinski definition) is 3. The summed E-state index contributed by atoms with van der Waals surface area (Å²) in [7, 11) is 0. The molecule has 0 aliphatic heterocycles. The van der Waals surface area contributed by atoms with Crippen LogP contribution in [0.4, 0.5) is 0 Å². The number of hydrazone groups is 1. The largest absolute Gasteiger partial charge is 0.506 e. The van der Waals surface area contributed by atoms with Gasteiger partial charge in [-0.1, -0.05) is 23.2 Å². The molecule has 0 saturated heterocycles. The molecule has 0 aliphatic carbocycles. The Bertz CT molecular complexity index is 423. The Balaban J connectivity index is 2.94. The molecule has 0 aliphatic rings. The van der Waals surface area contributed by atoms with E-state index < -0.39 is 0 Å². The fraction of sp³-hybridized carbons (Fsp3) is 0. The molecular formula is C8H7Cl2N3OS. The van der Waals surface area contributed by atoms with Crippen LogP contribution >= 0.6 is 35.4 Å². The Kier molecular flexibility index (Phi) is 4.14. The molecule has 0 unspecified atom stereocenters. The molecule has 1 rings (SSSR count). The molecule has 1 aromatic rings. The monoisotopic (exact) mass is 263 g/mol. The smallest absolute Gasteiger partial charge is 0.184 e. The SMILES string of the molecule is NC(=S)N/N=C/c1cc(Cl)cc(Cl)c1O. The number of thiocarbonyl (C=S) groups is 1. The van der Waals surface area contributed by atoms with Crippen LogP contribution < -0.4 is 11.2 Å². The van der Waals surface area contributed by atoms with Gasteiger partial charge in [0.25, 0.3) is 0 Å². The summed E-state index contributed by atoms with van der Waals surface area (Å²) in [6.45, 7) is 0. The average molecular weight is 264 g/mol. The number of phenols is 1. The number of aromatic hydroxyl groups is 1. The van der Waals surface area contributed by atoms with E-state index in [1.807, 2.05) is 0 Å². The molecule has 0 saturated carbocycles. The second-order valence-corrected chi connectivity index (χ2v) is 3.84. The summed E-state index contributed by atoms with van der Waals surface area (Å²) in [5.74, 6) is -0.102. The van der Waals surface area contributed by atoms with Gasteiger partial charge >= 0.3 is 0 Å². The van der Waals surface area contributed by atoms with Crippen molar-refractivity contribution in [3.63, 3.8) is 0 Å². The fourth-order valence-electron chi connectivity index (χ4n) is 0.850. The van der Waals surface area contributed by atoms with Crippen molar-refractivity contribution in [2.24, 2.45) is 10.8 Å². The van der Waals surface area contributed by atoms with Crippen LogP contribution in [0.3, 0.4) is 0 Å². The van der Waals surface area contributed by atoms with Crippen LogP contribution in [-0.4, -0.2) is 16.4 Å². The Morgan fingerprint density at radius 3 is 2.80 bits per heavy atom. The standard InChI is InChI=1S/C8H7Cl2N3OS/c9-5-1-4(3-12-13-8(11)15)7(14)6(10)2-5/h1-3,14H,(H3,11,13,15)/b12-3+. The van der Waals surface area contributed by atoms with Crippen molar-refractivity contribution in [1.82, 2.24) is 5.43 Å². The number of phenolic OH excluding ortho intramolecular Hbond substituents is 1. The van der Waals surface area contributed by atoms with Crippen molar-refractivity contribution in [3.05, 3.63) is 27.7 Å². The molecule has 0 radical (unpaired) electrons. The molecule has 15 heavy (non-hydrogen) atoms. The minimum Gasteiger partial charge on any atom is -0.506 e. The zero-order valence-electron chi connectivity index (χ0n) is 7.37. The molecule has 0 spiro atoms. The summed E-state index contributed by atoms with van der Waals surface area (Å²) in [5.41, 5.74) is 7.86. The summed E-state index contributed by atoms with van der Waals surface area (Å²) in [6, 6.07) is 2.93. The average Bonchev–Trinajstić information content (AvgIpc) is 2.12. The van der Waals surface area contributed by atoms with Gasteiger partial charge in [0.05, 0.1) is 11.2 Å². The van der Waals surface area contributed by atoms with Gasteiger partial charge in [0.1, 0.15) is 5.75 Å². The molecule has 7 heteroatoms. The molecule has 1 aromatic carbocycles. The van der Waals surface area contributed by atoms with Gasteiger partial charge in [-0.15, -0.1) is 0 Å². The van der Waals surface area contributed by atoms with E-state index in [-0.39, 0.29) is 15.9 Å². The maximum Gasteiger partial charge on any atom is 0.184 e. The Morgan fingerprint density at radius 2 is 2.20 bits per heavy atom. The number of halogens is 2. The topological polar surface area (TPSA) is 70.6 Å². The molecule has 4 nitrogen and oxygen atoms in total. The van der Waals surface area contributed by atoms with Crippen molar-refractivity contribution in [2.45, 2.75) is 0 Å². The van der Waals surface area contributed by atoms with E-state index in [4.69, 9.17) is 28.9 Å². The van der Waals surface area contributed by atoms with Crippen LogP contribution in [0.25, 0.3) is 0 Å². The first-order chi connectivity index (χ1) is 7.00. The molecule has 0 aromatic heterocycles. The lowest BCUT2D eigenvalue weighted by Crippen LogP contribution is -2.23. The molecule has 4 N–H and O–H groups in total. The van der Waals surface area contributed by atoms with Crippen molar-refractivity contribution < 1.29 is 5.11 Å². The van der Waals surface area contributed by atoms with Crippen molar-refractivity contribution in [3.8, 4) is 5.75 Å². The Hall–Kier alpha value is -1.04. The van der Waals surface area contributed by atoms with E-state index in [2.05, 4.69) is 22.7 Å². The van der Waals surface area contributed by atoms with Crippen LogP contribution in [0.2, 0.25) is 10.0 Å². The van der Waals surface area contributed by atoms with Crippen molar-refractivity contribution >= 4 is 46.7 Å². The number of rotatable bonds is 2. The van der Waals surface area contributed by atoms with Gasteiger partial charge in [-0.3, -0.25) is 5.43 Å². The molecule has 0 amide bonds. The summed E-state index contributed by atoms with van der Waals surface area (Å²) < 4.78 is 0. The molecule has 0 heterocycles.